The number of amides is 2. The Hall–Kier alpha value is -3.29. The predicted molar refractivity (Wildman–Crippen MR) is 88.1 cm³/mol. The Morgan fingerprint density at radius 2 is 1.68 bits per heavy atom. The molecule has 1 aromatic heterocycles. The number of rotatable bonds is 6. The number of ether oxygens (including phenoxy) is 1. The summed E-state index contributed by atoms with van der Waals surface area (Å²) in [5.41, 5.74) is 0.750. The zero-order chi connectivity index (χ0) is 17.8. The van der Waals surface area contributed by atoms with Crippen molar-refractivity contribution >= 4 is 23.7 Å². The average molecular weight is 340 g/mol. The molecule has 0 radical (unpaired) electrons. The van der Waals surface area contributed by atoms with E-state index in [4.69, 9.17) is 4.74 Å². The van der Waals surface area contributed by atoms with Gasteiger partial charge in [0.2, 0.25) is 5.95 Å². The number of anilines is 1. The van der Waals surface area contributed by atoms with Crippen LogP contribution in [0.15, 0.2) is 42.7 Å². The molecule has 1 aromatic carbocycles. The molecule has 1 aliphatic heterocycles. The molecule has 8 nitrogen and oxygen atoms in total. The van der Waals surface area contributed by atoms with E-state index >= 15 is 0 Å². The second kappa shape index (κ2) is 7.08. The van der Waals surface area contributed by atoms with Gasteiger partial charge in [-0.25, -0.2) is 9.97 Å². The van der Waals surface area contributed by atoms with Gasteiger partial charge in [0.25, 0.3) is 11.8 Å². The smallest absolute Gasteiger partial charge is 0.325 e. The average Bonchev–Trinajstić information content (AvgIpc) is 2.87. The summed E-state index contributed by atoms with van der Waals surface area (Å²) in [5.74, 6) is -0.829. The Labute approximate surface area is 144 Å². The van der Waals surface area contributed by atoms with E-state index in [1.165, 1.54) is 0 Å². The first-order chi connectivity index (χ1) is 12.1. The Morgan fingerprint density at radius 1 is 1.08 bits per heavy atom. The molecule has 8 heteroatoms. The number of carbonyl (C=O) groups excluding carboxylic acids is 3. The van der Waals surface area contributed by atoms with Gasteiger partial charge in [-0.15, -0.1) is 0 Å². The lowest BCUT2D eigenvalue weighted by molar-refractivity contribution is -0.142. The Bertz CT molecular complexity index is 774. The lowest BCUT2D eigenvalue weighted by Crippen LogP contribution is -2.35. The molecule has 2 aromatic rings. The predicted octanol–water partition coefficient (Wildman–Crippen LogP) is 0.752. The normalized spacial score (nSPS) is 12.9. The van der Waals surface area contributed by atoms with Crippen molar-refractivity contribution in [2.45, 2.75) is 0 Å². The van der Waals surface area contributed by atoms with Gasteiger partial charge in [-0.1, -0.05) is 12.1 Å². The van der Waals surface area contributed by atoms with Gasteiger partial charge in [-0.05, 0) is 18.2 Å². The summed E-state index contributed by atoms with van der Waals surface area (Å²) < 4.78 is 5.11. The fraction of sp³-hybridized carbons (Fsp3) is 0.235. The third kappa shape index (κ3) is 3.47. The van der Waals surface area contributed by atoms with E-state index in [2.05, 4.69) is 9.97 Å². The highest BCUT2D eigenvalue weighted by Crippen LogP contribution is 2.21. The minimum Gasteiger partial charge on any atom is -0.462 e. The fourth-order valence-corrected chi connectivity index (χ4v) is 2.49. The molecule has 0 saturated heterocycles. The molecule has 25 heavy (non-hydrogen) atoms. The van der Waals surface area contributed by atoms with Crippen molar-refractivity contribution < 1.29 is 19.1 Å². The SMILES string of the molecule is CN(CC(=O)OCCN1C(=O)c2ccccc2C1=O)c1ncccn1. The number of hydrogen-bond acceptors (Lipinski definition) is 7. The van der Waals surface area contributed by atoms with Crippen molar-refractivity contribution in [2.24, 2.45) is 0 Å². The third-order valence-corrected chi connectivity index (χ3v) is 3.72. The molecule has 2 heterocycles. The first-order valence-corrected chi connectivity index (χ1v) is 7.67. The van der Waals surface area contributed by atoms with E-state index in [9.17, 15) is 14.4 Å². The molecule has 0 spiro atoms. The van der Waals surface area contributed by atoms with Crippen LogP contribution in [0, 0.1) is 0 Å². The van der Waals surface area contributed by atoms with Crippen LogP contribution < -0.4 is 4.90 Å². The van der Waals surface area contributed by atoms with Gasteiger partial charge in [0.1, 0.15) is 13.2 Å². The van der Waals surface area contributed by atoms with Gasteiger partial charge in [-0.3, -0.25) is 19.3 Å². The molecule has 0 N–H and O–H groups in total. The van der Waals surface area contributed by atoms with E-state index in [1.807, 2.05) is 0 Å². The summed E-state index contributed by atoms with van der Waals surface area (Å²) in [6, 6.07) is 8.30. The van der Waals surface area contributed by atoms with Crippen LogP contribution in [0.4, 0.5) is 5.95 Å². The zero-order valence-corrected chi connectivity index (χ0v) is 13.6. The number of carbonyl (C=O) groups is 3. The van der Waals surface area contributed by atoms with Gasteiger partial charge >= 0.3 is 5.97 Å². The lowest BCUT2D eigenvalue weighted by atomic mass is 10.1. The molecule has 0 unspecified atom stereocenters. The van der Waals surface area contributed by atoms with Crippen molar-refractivity contribution in [2.75, 3.05) is 31.6 Å². The van der Waals surface area contributed by atoms with Gasteiger partial charge in [0.05, 0.1) is 17.7 Å². The molecule has 0 bridgehead atoms. The minimum atomic E-state index is -0.494. The Morgan fingerprint density at radius 3 is 2.28 bits per heavy atom. The molecule has 0 saturated carbocycles. The van der Waals surface area contributed by atoms with Crippen LogP contribution in [0.1, 0.15) is 20.7 Å². The van der Waals surface area contributed by atoms with E-state index in [0.717, 1.165) is 4.90 Å². The first kappa shape index (κ1) is 16.6. The van der Waals surface area contributed by atoms with Crippen LogP contribution in [-0.4, -0.2) is 59.4 Å². The summed E-state index contributed by atoms with van der Waals surface area (Å²) in [7, 11) is 1.67. The molecule has 128 valence electrons. The third-order valence-electron chi connectivity index (χ3n) is 3.72. The number of esters is 1. The fourth-order valence-electron chi connectivity index (χ4n) is 2.49. The maximum absolute atomic E-state index is 12.2. The van der Waals surface area contributed by atoms with Gasteiger partial charge in [0, 0.05) is 19.4 Å². The van der Waals surface area contributed by atoms with E-state index in [-0.39, 0.29) is 31.5 Å². The molecule has 2 amide bonds. The highest BCUT2D eigenvalue weighted by molar-refractivity contribution is 6.21. The van der Waals surface area contributed by atoms with E-state index in [0.29, 0.717) is 17.1 Å². The number of nitrogens with zero attached hydrogens (tertiary/aromatic N) is 4. The molecule has 0 aliphatic carbocycles. The topological polar surface area (TPSA) is 92.7 Å². The Kier molecular flexibility index (Phi) is 4.69. The van der Waals surface area contributed by atoms with Crippen molar-refractivity contribution in [1.82, 2.24) is 14.9 Å². The number of fused-ring (bicyclic) bond motifs is 1. The molecule has 3 rings (SSSR count). The largest absolute Gasteiger partial charge is 0.462 e. The molecule has 0 fully saturated rings. The van der Waals surface area contributed by atoms with Crippen molar-refractivity contribution in [3.05, 3.63) is 53.9 Å². The molecular formula is C17H16N4O4. The minimum absolute atomic E-state index is 0.0175. The molecule has 0 atom stereocenters. The van der Waals surface area contributed by atoms with Crippen molar-refractivity contribution in [3.63, 3.8) is 0 Å². The maximum atomic E-state index is 12.2. The summed E-state index contributed by atoms with van der Waals surface area (Å²) in [6.45, 7) is -0.0798. The maximum Gasteiger partial charge on any atom is 0.325 e. The Balaban J connectivity index is 1.50. The first-order valence-electron chi connectivity index (χ1n) is 7.67. The van der Waals surface area contributed by atoms with Crippen LogP contribution in [0.5, 0.6) is 0 Å². The second-order valence-corrected chi connectivity index (χ2v) is 5.43. The highest BCUT2D eigenvalue weighted by atomic mass is 16.5. The zero-order valence-electron chi connectivity index (χ0n) is 13.6. The summed E-state index contributed by atoms with van der Waals surface area (Å²) >= 11 is 0. The number of aromatic nitrogens is 2. The van der Waals surface area contributed by atoms with Crippen LogP contribution in [-0.2, 0) is 9.53 Å². The monoisotopic (exact) mass is 340 g/mol. The lowest BCUT2D eigenvalue weighted by Gasteiger charge is -2.17. The van der Waals surface area contributed by atoms with Gasteiger partial charge in [-0.2, -0.15) is 0 Å². The van der Waals surface area contributed by atoms with Crippen molar-refractivity contribution in [1.29, 1.82) is 0 Å². The summed E-state index contributed by atoms with van der Waals surface area (Å²) in [5, 5.41) is 0. The number of likely N-dealkylation sites (N-methyl/N-ethyl adjacent to an activating group) is 1. The standard InChI is InChI=1S/C17H16N4O4/c1-20(17-18-7-4-8-19-17)11-14(22)25-10-9-21-15(23)12-5-2-3-6-13(12)16(21)24/h2-8H,9-11H2,1H3. The van der Waals surface area contributed by atoms with E-state index in [1.54, 1.807) is 54.7 Å². The number of imide groups is 1. The van der Waals surface area contributed by atoms with Gasteiger partial charge < -0.3 is 9.64 Å². The molecular weight excluding hydrogens is 324 g/mol. The van der Waals surface area contributed by atoms with Crippen LogP contribution in [0.2, 0.25) is 0 Å². The highest BCUT2D eigenvalue weighted by Gasteiger charge is 2.34. The van der Waals surface area contributed by atoms with Gasteiger partial charge in [0.15, 0.2) is 0 Å². The van der Waals surface area contributed by atoms with Crippen LogP contribution in [0.3, 0.4) is 0 Å². The van der Waals surface area contributed by atoms with Crippen LogP contribution in [0.25, 0.3) is 0 Å². The van der Waals surface area contributed by atoms with Crippen molar-refractivity contribution in [3.8, 4) is 0 Å². The molecule has 1 aliphatic rings. The van der Waals surface area contributed by atoms with E-state index < -0.39 is 5.97 Å². The number of hydrogen-bond donors (Lipinski definition) is 0. The quantitative estimate of drug-likeness (QED) is 0.566. The van der Waals surface area contributed by atoms with Crippen LogP contribution >= 0.6 is 0 Å². The second-order valence-electron chi connectivity index (χ2n) is 5.43. The number of benzene rings is 1. The summed E-state index contributed by atoms with van der Waals surface area (Å²) in [6.07, 6.45) is 3.15. The summed E-state index contributed by atoms with van der Waals surface area (Å²) in [4.78, 5) is 46.9.